The maximum absolute atomic E-state index is 13.7. The van der Waals surface area contributed by atoms with Gasteiger partial charge in [-0.25, -0.2) is 9.87 Å². The summed E-state index contributed by atoms with van der Waals surface area (Å²) in [6, 6.07) is 20.1. The van der Waals surface area contributed by atoms with Crippen molar-refractivity contribution in [2.75, 3.05) is 0 Å². The van der Waals surface area contributed by atoms with Crippen LogP contribution >= 0.6 is 0 Å². The van der Waals surface area contributed by atoms with E-state index in [4.69, 9.17) is 5.21 Å². The molecule has 0 aliphatic rings. The molecule has 0 aliphatic heterocycles. The Labute approximate surface area is 191 Å². The van der Waals surface area contributed by atoms with Crippen molar-refractivity contribution >= 4 is 11.8 Å². The van der Waals surface area contributed by atoms with Crippen LogP contribution in [0.4, 0.5) is 4.39 Å². The van der Waals surface area contributed by atoms with Crippen LogP contribution in [0, 0.1) is 5.82 Å². The van der Waals surface area contributed by atoms with Crippen LogP contribution in [0.15, 0.2) is 72.8 Å². The normalized spacial score (nSPS) is 12.6. The van der Waals surface area contributed by atoms with Crippen molar-refractivity contribution in [1.29, 1.82) is 0 Å². The van der Waals surface area contributed by atoms with Crippen LogP contribution in [0.2, 0.25) is 0 Å². The Kier molecular flexibility index (Phi) is 8.26. The van der Waals surface area contributed by atoms with Gasteiger partial charge in [0.05, 0.1) is 6.10 Å². The molecule has 0 saturated carbocycles. The maximum Gasteiger partial charge on any atom is 0.268 e. The molecule has 0 spiro atoms. The van der Waals surface area contributed by atoms with E-state index in [9.17, 15) is 19.1 Å². The highest BCUT2D eigenvalue weighted by atomic mass is 19.1. The summed E-state index contributed by atoms with van der Waals surface area (Å²) < 4.78 is 13.7. The number of hydroxylamine groups is 1. The second kappa shape index (κ2) is 11.3. The molecule has 33 heavy (non-hydrogen) atoms. The summed E-state index contributed by atoms with van der Waals surface area (Å²) in [5.41, 5.74) is 5.27. The molecule has 7 nitrogen and oxygen atoms in total. The van der Waals surface area contributed by atoms with Crippen LogP contribution in [0.3, 0.4) is 0 Å². The second-order valence-electron chi connectivity index (χ2n) is 7.64. The number of carbonyl (C=O) groups is 2. The molecule has 0 saturated heterocycles. The van der Waals surface area contributed by atoms with Gasteiger partial charge in [0.1, 0.15) is 11.9 Å². The van der Waals surface area contributed by atoms with Crippen LogP contribution in [0.5, 0.6) is 0 Å². The summed E-state index contributed by atoms with van der Waals surface area (Å²) in [7, 11) is 0. The van der Waals surface area contributed by atoms with Crippen molar-refractivity contribution in [2.45, 2.75) is 32.2 Å². The Bertz CT molecular complexity index is 1090. The average Bonchev–Trinajstić information content (AvgIpc) is 2.83. The lowest BCUT2D eigenvalue weighted by molar-refractivity contribution is -0.133. The molecule has 0 fully saturated rings. The summed E-state index contributed by atoms with van der Waals surface area (Å²) in [6.07, 6.45) is -1.18. The van der Waals surface area contributed by atoms with E-state index in [1.807, 2.05) is 24.3 Å². The van der Waals surface area contributed by atoms with Gasteiger partial charge in [0, 0.05) is 24.2 Å². The van der Waals surface area contributed by atoms with Crippen molar-refractivity contribution < 1.29 is 24.3 Å². The third-order valence-corrected chi connectivity index (χ3v) is 5.20. The second-order valence-corrected chi connectivity index (χ2v) is 7.64. The minimum absolute atomic E-state index is 0.226. The summed E-state index contributed by atoms with van der Waals surface area (Å²) >= 11 is 0. The molecule has 0 unspecified atom stereocenters. The lowest BCUT2D eigenvalue weighted by Gasteiger charge is -2.19. The minimum atomic E-state index is -1.28. The molecule has 2 amide bonds. The highest BCUT2D eigenvalue weighted by Gasteiger charge is 2.25. The Morgan fingerprint density at radius 1 is 0.909 bits per heavy atom. The van der Waals surface area contributed by atoms with Crippen LogP contribution in [0.25, 0.3) is 11.1 Å². The number of benzene rings is 3. The van der Waals surface area contributed by atoms with E-state index in [2.05, 4.69) is 10.6 Å². The molecule has 2 atom stereocenters. The molecule has 3 aromatic rings. The Hall–Kier alpha value is -3.59. The van der Waals surface area contributed by atoms with Gasteiger partial charge in [0.25, 0.3) is 11.8 Å². The summed E-state index contributed by atoms with van der Waals surface area (Å²) in [5, 5.41) is 24.0. The quantitative estimate of drug-likeness (QED) is 0.254. The fraction of sp³-hybridized carbons (Fsp3) is 0.200. The number of nitrogens with one attached hydrogen (secondary N) is 3. The van der Waals surface area contributed by atoms with Crippen molar-refractivity contribution in [3.05, 3.63) is 95.3 Å². The number of amides is 2. The van der Waals surface area contributed by atoms with Gasteiger partial charge in [0.15, 0.2) is 0 Å². The first kappa shape index (κ1) is 24.1. The van der Waals surface area contributed by atoms with E-state index in [1.54, 1.807) is 42.5 Å². The lowest BCUT2D eigenvalue weighted by Crippen LogP contribution is -2.51. The van der Waals surface area contributed by atoms with Gasteiger partial charge in [0.2, 0.25) is 0 Å². The van der Waals surface area contributed by atoms with Gasteiger partial charge >= 0.3 is 0 Å². The first-order valence-electron chi connectivity index (χ1n) is 10.5. The molecule has 8 heteroatoms. The summed E-state index contributed by atoms with van der Waals surface area (Å²) in [4.78, 5) is 24.0. The predicted octanol–water partition coefficient (Wildman–Crippen LogP) is 2.77. The zero-order chi connectivity index (χ0) is 23.8. The summed E-state index contributed by atoms with van der Waals surface area (Å²) in [5.74, 6) is -1.68. The number of aliphatic hydroxyl groups is 1. The molecule has 0 aromatic heterocycles. The van der Waals surface area contributed by atoms with Gasteiger partial charge in [-0.15, -0.1) is 0 Å². The van der Waals surface area contributed by atoms with Crippen LogP contribution in [0.1, 0.15) is 28.4 Å². The number of rotatable bonds is 9. The van der Waals surface area contributed by atoms with Crippen molar-refractivity contribution in [3.8, 4) is 11.1 Å². The number of hydrogen-bond donors (Lipinski definition) is 5. The largest absolute Gasteiger partial charge is 0.391 e. The lowest BCUT2D eigenvalue weighted by atomic mass is 10.0. The van der Waals surface area contributed by atoms with E-state index in [0.717, 1.165) is 16.7 Å². The first-order chi connectivity index (χ1) is 15.9. The van der Waals surface area contributed by atoms with Crippen LogP contribution < -0.4 is 16.1 Å². The number of halogens is 1. The molecular weight excluding hydrogens is 425 g/mol. The van der Waals surface area contributed by atoms with Crippen LogP contribution in [-0.4, -0.2) is 34.3 Å². The molecule has 0 aliphatic carbocycles. The first-order valence-corrected chi connectivity index (χ1v) is 10.5. The van der Waals surface area contributed by atoms with E-state index < -0.39 is 24.0 Å². The van der Waals surface area contributed by atoms with Gasteiger partial charge in [-0.05, 0) is 41.8 Å². The van der Waals surface area contributed by atoms with E-state index in [1.165, 1.54) is 18.5 Å². The fourth-order valence-corrected chi connectivity index (χ4v) is 3.31. The predicted molar refractivity (Wildman–Crippen MR) is 122 cm³/mol. The smallest absolute Gasteiger partial charge is 0.268 e. The Morgan fingerprint density at radius 2 is 1.52 bits per heavy atom. The molecule has 172 valence electrons. The number of carbonyl (C=O) groups excluding carboxylic acids is 2. The van der Waals surface area contributed by atoms with Crippen molar-refractivity contribution in [3.63, 3.8) is 0 Å². The van der Waals surface area contributed by atoms with Gasteiger partial charge in [-0.2, -0.15) is 0 Å². The summed E-state index contributed by atoms with van der Waals surface area (Å²) in [6.45, 7) is 2.37. The molecule has 3 rings (SSSR count). The molecule has 0 bridgehead atoms. The van der Waals surface area contributed by atoms with Crippen LogP contribution in [-0.2, 0) is 17.9 Å². The zero-order valence-corrected chi connectivity index (χ0v) is 18.1. The van der Waals surface area contributed by atoms with Gasteiger partial charge in [-0.1, -0.05) is 54.6 Å². The van der Waals surface area contributed by atoms with Gasteiger partial charge < -0.3 is 15.7 Å². The third kappa shape index (κ3) is 6.45. The number of hydrogen-bond acceptors (Lipinski definition) is 5. The minimum Gasteiger partial charge on any atom is -0.391 e. The monoisotopic (exact) mass is 451 g/mol. The molecule has 0 radical (unpaired) electrons. The third-order valence-electron chi connectivity index (χ3n) is 5.20. The fourth-order valence-electron chi connectivity index (χ4n) is 3.31. The number of aliphatic hydroxyl groups excluding tert-OH is 1. The van der Waals surface area contributed by atoms with E-state index >= 15 is 0 Å². The van der Waals surface area contributed by atoms with E-state index in [0.29, 0.717) is 24.2 Å². The van der Waals surface area contributed by atoms with Crippen molar-refractivity contribution in [1.82, 2.24) is 16.1 Å². The topological polar surface area (TPSA) is 111 Å². The molecule has 5 N–H and O–H groups in total. The molecule has 0 heterocycles. The highest BCUT2D eigenvalue weighted by Crippen LogP contribution is 2.21. The standard InChI is InChI=1S/C25H26FN3O4/c1-16(30)23(25(32)29-33)28-24(31)20-12-10-19(11-13-20)18-8-6-17(7-9-18)14-27-15-21-4-2-3-5-22(21)26/h2-13,16,23,27,30,33H,14-15H2,1H3,(H,28,31)(H,29,32)/t16-,23+/m1/s1. The van der Waals surface area contributed by atoms with E-state index in [-0.39, 0.29) is 5.82 Å². The van der Waals surface area contributed by atoms with Crippen molar-refractivity contribution in [2.24, 2.45) is 0 Å². The molecular formula is C25H26FN3O4. The maximum atomic E-state index is 13.7. The highest BCUT2D eigenvalue weighted by molar-refractivity contribution is 5.97. The SMILES string of the molecule is C[C@@H](O)[C@H](NC(=O)c1ccc(-c2ccc(CNCc3ccccc3F)cc2)cc1)C(=O)NO. The van der Waals surface area contributed by atoms with Gasteiger partial charge in [-0.3, -0.25) is 14.8 Å². The zero-order valence-electron chi connectivity index (χ0n) is 18.1. The Morgan fingerprint density at radius 3 is 2.09 bits per heavy atom. The molecule has 3 aromatic carbocycles. The Balaban J connectivity index is 1.58. The average molecular weight is 451 g/mol.